The highest BCUT2D eigenvalue weighted by Gasteiger charge is 2.37. The fraction of sp³-hybridized carbons (Fsp3) is 0.458. The van der Waals surface area contributed by atoms with Crippen molar-refractivity contribution < 1.29 is 35.5 Å². The third kappa shape index (κ3) is 7.87. The molecule has 4 rings (SSSR count). The second kappa shape index (κ2) is 11.8. The fourth-order valence-corrected chi connectivity index (χ4v) is 7.51. The summed E-state index contributed by atoms with van der Waals surface area (Å²) in [6, 6.07) is 5.56. The fourth-order valence-electron chi connectivity index (χ4n) is 3.71. The maximum atomic E-state index is 13.4. The van der Waals surface area contributed by atoms with Crippen LogP contribution in [0.3, 0.4) is 0 Å². The Hall–Kier alpha value is -3.41. The van der Waals surface area contributed by atoms with E-state index in [4.69, 9.17) is 13.9 Å². The Morgan fingerprint density at radius 2 is 1.90 bits per heavy atom. The molecule has 0 aliphatic heterocycles. The number of amides is 1. The monoisotopic (exact) mass is 626 g/mol. The van der Waals surface area contributed by atoms with Gasteiger partial charge in [0.05, 0.1) is 34.5 Å². The number of benzene rings is 1. The normalized spacial score (nSPS) is 13.4. The van der Waals surface area contributed by atoms with Crippen LogP contribution in [0.2, 0.25) is 0 Å². The Kier molecular flexibility index (Phi) is 8.81. The Bertz CT molecular complexity index is 1750. The number of methoxy groups -OCH3 is 1. The van der Waals surface area contributed by atoms with Crippen LogP contribution < -0.4 is 4.72 Å². The number of hydrogen-bond donors (Lipinski definition) is 1. The summed E-state index contributed by atoms with van der Waals surface area (Å²) >= 11 is 1.17. The lowest BCUT2D eigenvalue weighted by atomic mass is 10.1. The number of sulfone groups is 1. The summed E-state index contributed by atoms with van der Waals surface area (Å²) in [5.41, 5.74) is 1.49. The molecule has 1 aromatic carbocycles. The standard InChI is InChI=1S/C24H30N6O8S3/c1-24(2,3)38-23(31)29-41(34,35)10-8-19-27-28-21(37-19)20(40(32,33)11-9-36-5)22-26-17-7-6-15(12-18(17)39-22)16-13-25-30(4)14-16/h6-7,12-14,20H,8-11H2,1-5H3,(H,29,31). The first-order valence-corrected chi connectivity index (χ1v) is 16.5. The Labute approximate surface area is 241 Å². The number of carbonyl (C=O) groups is 1. The molecule has 0 aliphatic carbocycles. The van der Waals surface area contributed by atoms with E-state index in [2.05, 4.69) is 20.3 Å². The molecule has 3 heterocycles. The number of thiazole rings is 1. The molecule has 41 heavy (non-hydrogen) atoms. The van der Waals surface area contributed by atoms with E-state index in [0.717, 1.165) is 15.8 Å². The number of fused-ring (bicyclic) bond motifs is 1. The van der Waals surface area contributed by atoms with Gasteiger partial charge in [0.2, 0.25) is 21.8 Å². The van der Waals surface area contributed by atoms with Gasteiger partial charge in [-0.3, -0.25) is 4.68 Å². The zero-order chi connectivity index (χ0) is 30.0. The van der Waals surface area contributed by atoms with E-state index in [1.54, 1.807) is 37.7 Å². The smallest absolute Gasteiger partial charge is 0.421 e. The second-order valence-corrected chi connectivity index (χ2v) is 15.2. The average molecular weight is 627 g/mol. The molecule has 1 N–H and O–H groups in total. The van der Waals surface area contributed by atoms with Gasteiger partial charge in [-0.1, -0.05) is 6.07 Å². The molecule has 17 heteroatoms. The summed E-state index contributed by atoms with van der Waals surface area (Å²) < 4.78 is 71.4. The predicted octanol–water partition coefficient (Wildman–Crippen LogP) is 2.63. The molecule has 1 unspecified atom stereocenters. The second-order valence-electron chi connectivity index (χ2n) is 10.1. The highest BCUT2D eigenvalue weighted by molar-refractivity contribution is 7.92. The summed E-state index contributed by atoms with van der Waals surface area (Å²) in [6.07, 6.45) is 2.20. The van der Waals surface area contributed by atoms with E-state index < -0.39 is 42.6 Å². The number of nitrogens with one attached hydrogen (secondary N) is 1. The third-order valence-corrected chi connectivity index (χ3v) is 9.86. The molecule has 1 amide bonds. The Balaban J connectivity index is 1.60. The minimum Gasteiger partial charge on any atom is -0.443 e. The van der Waals surface area contributed by atoms with Crippen molar-refractivity contribution in [2.24, 2.45) is 7.05 Å². The zero-order valence-electron chi connectivity index (χ0n) is 23.0. The highest BCUT2D eigenvalue weighted by atomic mass is 32.2. The molecule has 0 aliphatic rings. The SMILES string of the molecule is COCCS(=O)(=O)C(c1nnc(CCS(=O)(=O)NC(=O)OC(C)(C)C)o1)c1nc2ccc(-c3cnn(C)c3)cc2s1. The maximum Gasteiger partial charge on any atom is 0.421 e. The number of hydrogen-bond acceptors (Lipinski definition) is 13. The van der Waals surface area contributed by atoms with Gasteiger partial charge in [-0.25, -0.2) is 31.3 Å². The van der Waals surface area contributed by atoms with Crippen molar-refractivity contribution in [3.63, 3.8) is 0 Å². The number of carbonyl (C=O) groups excluding carboxylic acids is 1. The number of aromatic nitrogens is 5. The first-order chi connectivity index (χ1) is 19.2. The van der Waals surface area contributed by atoms with Crippen molar-refractivity contribution in [1.82, 2.24) is 29.7 Å². The van der Waals surface area contributed by atoms with Gasteiger partial charge >= 0.3 is 6.09 Å². The summed E-state index contributed by atoms with van der Waals surface area (Å²) in [6.45, 7) is 4.73. The van der Waals surface area contributed by atoms with Gasteiger partial charge in [0.25, 0.3) is 0 Å². The largest absolute Gasteiger partial charge is 0.443 e. The van der Waals surface area contributed by atoms with Crippen LogP contribution >= 0.6 is 11.3 Å². The molecule has 0 radical (unpaired) electrons. The van der Waals surface area contributed by atoms with Crippen LogP contribution in [-0.2, 0) is 42.8 Å². The molecule has 222 valence electrons. The lowest BCUT2D eigenvalue weighted by Gasteiger charge is -2.19. The van der Waals surface area contributed by atoms with Crippen molar-refractivity contribution >= 4 is 47.5 Å². The van der Waals surface area contributed by atoms with Gasteiger partial charge in [-0.15, -0.1) is 21.5 Å². The van der Waals surface area contributed by atoms with Crippen LogP contribution in [0.15, 0.2) is 35.0 Å². The van der Waals surface area contributed by atoms with Crippen LogP contribution in [0.5, 0.6) is 0 Å². The van der Waals surface area contributed by atoms with Crippen LogP contribution in [0.4, 0.5) is 4.79 Å². The van der Waals surface area contributed by atoms with Crippen LogP contribution in [-0.4, -0.2) is 78.7 Å². The number of nitrogens with zero attached hydrogens (tertiary/aromatic N) is 5. The first-order valence-electron chi connectivity index (χ1n) is 12.3. The van der Waals surface area contributed by atoms with Crippen LogP contribution in [0.1, 0.15) is 42.8 Å². The van der Waals surface area contributed by atoms with E-state index in [9.17, 15) is 21.6 Å². The topological polar surface area (TPSA) is 185 Å². The highest BCUT2D eigenvalue weighted by Crippen LogP contribution is 2.37. The van der Waals surface area contributed by atoms with E-state index in [-0.39, 0.29) is 35.6 Å². The van der Waals surface area contributed by atoms with E-state index in [0.29, 0.717) is 5.52 Å². The molecular weight excluding hydrogens is 596 g/mol. The number of ether oxygens (including phenoxy) is 2. The number of sulfonamides is 1. The van der Waals surface area contributed by atoms with Gasteiger partial charge in [0.15, 0.2) is 15.1 Å². The van der Waals surface area contributed by atoms with Gasteiger partial charge in [0, 0.05) is 32.3 Å². The summed E-state index contributed by atoms with van der Waals surface area (Å²) in [5.74, 6) is -1.29. The van der Waals surface area contributed by atoms with Gasteiger partial charge in [-0.05, 0) is 38.5 Å². The van der Waals surface area contributed by atoms with E-state index in [1.165, 1.54) is 18.4 Å². The molecule has 0 spiro atoms. The zero-order valence-corrected chi connectivity index (χ0v) is 25.5. The predicted molar refractivity (Wildman–Crippen MR) is 150 cm³/mol. The Morgan fingerprint density at radius 1 is 1.15 bits per heavy atom. The van der Waals surface area contributed by atoms with Crippen molar-refractivity contribution in [3.05, 3.63) is 47.4 Å². The molecular formula is C24H30N6O8S3. The van der Waals surface area contributed by atoms with E-state index in [1.807, 2.05) is 30.1 Å². The molecule has 0 saturated heterocycles. The van der Waals surface area contributed by atoms with E-state index >= 15 is 0 Å². The average Bonchev–Trinajstić information content (AvgIpc) is 3.59. The maximum absolute atomic E-state index is 13.4. The van der Waals surface area contributed by atoms with Crippen molar-refractivity contribution in [2.45, 2.75) is 38.0 Å². The summed E-state index contributed by atoms with van der Waals surface area (Å²) in [7, 11) is -4.84. The number of rotatable bonds is 11. The Morgan fingerprint density at radius 3 is 2.56 bits per heavy atom. The summed E-state index contributed by atoms with van der Waals surface area (Å²) in [4.78, 5) is 16.4. The molecule has 0 saturated carbocycles. The molecule has 0 bridgehead atoms. The lowest BCUT2D eigenvalue weighted by Crippen LogP contribution is -2.37. The van der Waals surface area contributed by atoms with Crippen LogP contribution in [0.25, 0.3) is 21.3 Å². The van der Waals surface area contributed by atoms with Crippen molar-refractivity contribution in [1.29, 1.82) is 0 Å². The molecule has 0 fully saturated rings. The van der Waals surface area contributed by atoms with Gasteiger partial charge < -0.3 is 13.9 Å². The molecule has 14 nitrogen and oxygen atoms in total. The minimum absolute atomic E-state index is 0.0650. The third-order valence-electron chi connectivity index (χ3n) is 5.53. The van der Waals surface area contributed by atoms with Gasteiger partial charge in [0.1, 0.15) is 10.6 Å². The van der Waals surface area contributed by atoms with Crippen molar-refractivity contribution in [3.8, 4) is 11.1 Å². The van der Waals surface area contributed by atoms with Gasteiger partial charge in [-0.2, -0.15) is 5.10 Å². The summed E-state index contributed by atoms with van der Waals surface area (Å²) in [5, 5.41) is 10.8. The molecule has 4 aromatic rings. The molecule has 3 aromatic heterocycles. The minimum atomic E-state index is -4.10. The molecule has 1 atom stereocenters. The van der Waals surface area contributed by atoms with Crippen LogP contribution in [0, 0.1) is 0 Å². The first kappa shape index (κ1) is 30.5. The van der Waals surface area contributed by atoms with Crippen molar-refractivity contribution in [2.75, 3.05) is 25.2 Å². The quantitative estimate of drug-likeness (QED) is 0.257. The lowest BCUT2D eigenvalue weighted by molar-refractivity contribution is 0.0570. The number of aryl methyl sites for hydroxylation is 2.